The summed E-state index contributed by atoms with van der Waals surface area (Å²) in [4.78, 5) is 28.7. The standard InChI is InChI=1S/C15H16Br2N2OS.C11H13BrN2O2.C11H13BrN2OS.C11H11BrN2O.C11H14BrNO4S.C4H6Br2O.CN.Na/c16-6-5-12-9-21-15(19-12)8-13(20)7-14(18)10-1-3-11(17)4-2-10;2*12-8-3-1-7(2-4-8)10(13)5-9(15)6-11(14)16;1-14-7-10(15)6-11(13)8-2-4-9(12)5-3-8;1-18(15,16)17-7-10(14)6-11(13)8-2-4-9(12)5-3-8;5-2-1-4(7)3-6;1-2;/h1-4,9,13,18,20H,5-8H2;2*1-4,9,13,15H,5-6H2,(H2,14,16);2-5,10,13,15H,6-7H2;2-5,10,13-14H,6-7H2,1H3;1-3H2;;/q;;;;;;-1;+1/t13-;2*9-;2*10-;;;/m11111.../s1. The topological polar surface area (TPSA) is 391 Å². The van der Waals surface area contributed by atoms with E-state index in [4.69, 9.17) is 69.1 Å². The average Bonchev–Trinajstić information content (AvgIpc) is 1.35. The van der Waals surface area contributed by atoms with Crippen LogP contribution in [-0.2, 0) is 36.7 Å². The number of carbonyl (C=O) groups excluding carboxylic acids is 2. The largest absolute Gasteiger partial charge is 1.00 e. The molecule has 0 saturated heterocycles. The first-order valence-electron chi connectivity index (χ1n) is 27.9. The third-order valence-corrected chi connectivity index (χ3v) is 17.4. The second-order valence-electron chi connectivity index (χ2n) is 19.9. The number of carbonyl (C=O) groups is 2. The van der Waals surface area contributed by atoms with E-state index in [-0.39, 0.29) is 97.7 Å². The molecule has 0 saturated carbocycles. The molecule has 514 valence electrons. The molecular weight excluding hydrogens is 1830 g/mol. The van der Waals surface area contributed by atoms with Gasteiger partial charge in [0, 0.05) is 125 Å². The zero-order valence-corrected chi connectivity index (χ0v) is 69.3. The van der Waals surface area contributed by atoms with Crippen LogP contribution in [0.5, 0.6) is 0 Å². The first-order valence-corrected chi connectivity index (χ1v) is 38.4. The zero-order chi connectivity index (χ0) is 72.2. The average molecular weight is 1900 g/mol. The molecule has 0 unspecified atom stereocenters. The van der Waals surface area contributed by atoms with Gasteiger partial charge in [0.15, 0.2) is 0 Å². The molecular formula is C64H73Br8N10NaO10S3. The van der Waals surface area contributed by atoms with Gasteiger partial charge in [0.1, 0.15) is 11.9 Å². The van der Waals surface area contributed by atoms with E-state index in [1.807, 2.05) is 90.3 Å². The Hall–Kier alpha value is -3.36. The molecule has 0 fully saturated rings. The molecule has 14 N–H and O–H groups in total. The molecule has 96 heavy (non-hydrogen) atoms. The summed E-state index contributed by atoms with van der Waals surface area (Å²) in [5.41, 5.74) is 16.9. The summed E-state index contributed by atoms with van der Waals surface area (Å²) in [6, 6.07) is 36.6. The van der Waals surface area contributed by atoms with Gasteiger partial charge in [-0.05, 0) is 88.5 Å². The Morgan fingerprint density at radius 3 is 1.18 bits per heavy atom. The van der Waals surface area contributed by atoms with Crippen LogP contribution in [-0.4, -0.2) is 150 Å². The number of primary amides is 1. The van der Waals surface area contributed by atoms with Gasteiger partial charge in [-0.25, -0.2) is 11.6 Å². The van der Waals surface area contributed by atoms with Gasteiger partial charge in [-0.2, -0.15) is 8.42 Å². The van der Waals surface area contributed by atoms with Crippen molar-refractivity contribution in [2.24, 2.45) is 11.5 Å². The number of aryl methyl sites for hydroxylation is 1. The van der Waals surface area contributed by atoms with Crippen LogP contribution in [0.3, 0.4) is 0 Å². The number of hydrogen-bond donors (Lipinski definition) is 12. The van der Waals surface area contributed by atoms with Crippen LogP contribution in [0.15, 0.2) is 149 Å². The molecule has 0 spiro atoms. The molecule has 0 aliphatic heterocycles. The molecule has 1 heterocycles. The molecule has 1 aromatic heterocycles. The van der Waals surface area contributed by atoms with Crippen molar-refractivity contribution in [3.63, 3.8) is 0 Å². The van der Waals surface area contributed by atoms with E-state index >= 15 is 0 Å². The number of aliphatic hydroxyl groups excluding tert-OH is 5. The number of nitrogens with zero attached hydrogens (tertiary/aromatic N) is 3. The first-order chi connectivity index (χ1) is 44.8. The van der Waals surface area contributed by atoms with Crippen molar-refractivity contribution < 1.29 is 77.3 Å². The van der Waals surface area contributed by atoms with E-state index in [9.17, 15) is 43.5 Å². The van der Waals surface area contributed by atoms with Gasteiger partial charge in [-0.3, -0.25) is 13.8 Å². The summed E-state index contributed by atoms with van der Waals surface area (Å²) in [6.07, 6.45) is 0.228. The normalized spacial score (nSPS) is 11.7. The van der Waals surface area contributed by atoms with Crippen molar-refractivity contribution in [3.05, 3.63) is 206 Å². The molecule has 6 rings (SSSR count). The number of alkyl halides is 3. The predicted molar refractivity (Wildman–Crippen MR) is 411 cm³/mol. The molecule has 6 aromatic rings. The van der Waals surface area contributed by atoms with Crippen molar-refractivity contribution in [3.8, 4) is 0 Å². The summed E-state index contributed by atoms with van der Waals surface area (Å²) >= 11 is 32.5. The molecule has 0 radical (unpaired) electrons. The van der Waals surface area contributed by atoms with Gasteiger partial charge in [0.2, 0.25) is 12.5 Å². The minimum Gasteiger partial charge on any atom is -0.512 e. The van der Waals surface area contributed by atoms with E-state index in [1.165, 1.54) is 0 Å². The van der Waals surface area contributed by atoms with Crippen LogP contribution >= 0.6 is 151 Å². The molecule has 0 aliphatic carbocycles. The van der Waals surface area contributed by atoms with Crippen LogP contribution in [0.1, 0.15) is 89.9 Å². The number of aliphatic hydroxyl groups is 5. The smallest absolute Gasteiger partial charge is 0.512 e. The maximum absolute atomic E-state index is 10.7. The zero-order valence-electron chi connectivity index (χ0n) is 52.1. The van der Waals surface area contributed by atoms with Gasteiger partial charge >= 0.3 is 29.6 Å². The van der Waals surface area contributed by atoms with Crippen molar-refractivity contribution in [1.29, 1.82) is 32.3 Å². The molecule has 32 heteroatoms. The van der Waals surface area contributed by atoms with Crippen molar-refractivity contribution in [2.75, 3.05) is 35.4 Å². The minimum absolute atomic E-state index is 0. The first kappa shape index (κ1) is 94.7. The van der Waals surface area contributed by atoms with Crippen molar-refractivity contribution in [2.45, 2.75) is 94.7 Å². The van der Waals surface area contributed by atoms with Crippen LogP contribution in [0.2, 0.25) is 0 Å². The van der Waals surface area contributed by atoms with Crippen molar-refractivity contribution >= 4 is 206 Å². The van der Waals surface area contributed by atoms with Gasteiger partial charge in [-0.1, -0.05) is 200 Å². The Kier molecular flexibility index (Phi) is 53.7. The molecule has 5 aromatic carbocycles. The Morgan fingerprint density at radius 1 is 0.573 bits per heavy atom. The van der Waals surface area contributed by atoms with Gasteiger partial charge in [-0.15, -0.1) is 11.3 Å². The Labute approximate surface area is 660 Å². The van der Waals surface area contributed by atoms with Crippen molar-refractivity contribution in [1.82, 2.24) is 4.98 Å². The third-order valence-electron chi connectivity index (χ3n) is 11.7. The number of hydrogen-bond acceptors (Lipinski definition) is 19. The fraction of sp³-hybridized carbons (Fsp3) is 0.328. The van der Waals surface area contributed by atoms with Crippen LogP contribution in [0.25, 0.3) is 4.85 Å². The van der Waals surface area contributed by atoms with Gasteiger partial charge < -0.3 is 80.7 Å². The van der Waals surface area contributed by atoms with E-state index in [2.05, 4.69) is 141 Å². The number of thiocarbonyl (C=S) groups is 1. The summed E-state index contributed by atoms with van der Waals surface area (Å²) < 4.78 is 30.7. The Bertz CT molecular complexity index is 3450. The number of Topliss-reactive ketones (excluding diaryl/α,β-unsaturated/α-hetero) is 1. The predicted octanol–water partition coefficient (Wildman–Crippen LogP) is 10.8. The summed E-state index contributed by atoms with van der Waals surface area (Å²) in [7, 11) is -3.56. The second kappa shape index (κ2) is 54.4. The number of nitrogens with two attached hydrogens (primary N) is 2. The number of thiazole rings is 1. The molecule has 20 nitrogen and oxygen atoms in total. The van der Waals surface area contributed by atoms with E-state index in [0.717, 1.165) is 78.7 Å². The minimum atomic E-state index is -3.56. The number of ketones is 1. The SMILES string of the molecule is CS(=O)(=O)OC[C@H](O)CC(=N)c1ccc(Br)cc1.N=C(C[C@@H](O)CC(N)=O)c1ccc(Br)cc1.N=C(C[C@@H](O)CC(N)=S)c1ccc(Br)cc1.N=C(C[C@@H](O)Cc1nc(CCBr)cs1)c1ccc(Br)cc1.O=C(CBr)CCBr.[C-]#N.[C-]#[N+]C[C@H](O)CC(=N)c1ccc(Br)cc1.[Na+]. The quantitative estimate of drug-likeness (QED) is 0.00498. The van der Waals surface area contributed by atoms with E-state index < -0.39 is 46.5 Å². The molecule has 5 atom stereocenters. The number of rotatable bonds is 30. The molecule has 1 amide bonds. The van der Waals surface area contributed by atoms with Crippen LogP contribution in [0.4, 0.5) is 0 Å². The molecule has 0 bridgehead atoms. The van der Waals surface area contributed by atoms with E-state index in [0.29, 0.717) is 53.0 Å². The number of amides is 1. The van der Waals surface area contributed by atoms with Gasteiger partial charge in [0.25, 0.3) is 10.1 Å². The van der Waals surface area contributed by atoms with Crippen LogP contribution in [0, 0.1) is 45.5 Å². The Morgan fingerprint density at radius 2 is 0.896 bits per heavy atom. The molecule has 0 aliphatic rings. The summed E-state index contributed by atoms with van der Waals surface area (Å²) in [5, 5.41) is 98.6. The maximum atomic E-state index is 10.7. The second-order valence-corrected chi connectivity index (χ2v) is 29.7. The fourth-order valence-electron chi connectivity index (χ4n) is 7.16. The fourth-order valence-corrected chi connectivity index (χ4v) is 11.1. The number of nitrogens with one attached hydrogen (secondary N) is 5. The maximum Gasteiger partial charge on any atom is 1.00 e. The number of halogens is 8. The Balaban J connectivity index is 0. The third kappa shape index (κ3) is 46.9. The van der Waals surface area contributed by atoms with Gasteiger partial charge in [0.05, 0.1) is 64.7 Å². The monoisotopic (exact) mass is 1890 g/mol. The van der Waals surface area contributed by atoms with Crippen LogP contribution < -0.4 is 41.0 Å². The van der Waals surface area contributed by atoms with E-state index in [1.54, 1.807) is 47.7 Å². The number of aromatic nitrogens is 1. The summed E-state index contributed by atoms with van der Waals surface area (Å²) in [6.45, 7) is 11.1. The summed E-state index contributed by atoms with van der Waals surface area (Å²) in [5.74, 6) is -0.312. The number of benzene rings is 5.